The van der Waals surface area contributed by atoms with Crippen LogP contribution in [0.1, 0.15) is 12.5 Å². The van der Waals surface area contributed by atoms with Crippen molar-refractivity contribution in [3.05, 3.63) is 46.1 Å². The third-order valence-corrected chi connectivity index (χ3v) is 3.84. The van der Waals surface area contributed by atoms with Crippen LogP contribution in [0, 0.1) is 6.92 Å². The second-order valence-electron chi connectivity index (χ2n) is 5.69. The van der Waals surface area contributed by atoms with Crippen LogP contribution in [0.15, 0.2) is 39.5 Å². The number of aryl methyl sites for hydroxylation is 1. The Kier molecular flexibility index (Phi) is 3.84. The fraction of sp³-hybridized carbons (Fsp3) is 0.111. The van der Waals surface area contributed by atoms with Gasteiger partial charge in [-0.3, -0.25) is 9.59 Å². The molecular formula is C18H16N2O5. The van der Waals surface area contributed by atoms with E-state index in [-0.39, 0.29) is 34.1 Å². The molecule has 0 atom stereocenters. The van der Waals surface area contributed by atoms with Crippen LogP contribution in [0.2, 0.25) is 0 Å². The zero-order chi connectivity index (χ0) is 18.3. The van der Waals surface area contributed by atoms with Crippen LogP contribution in [0.25, 0.3) is 22.3 Å². The van der Waals surface area contributed by atoms with Crippen molar-refractivity contribution in [2.24, 2.45) is 0 Å². The first-order valence-electron chi connectivity index (χ1n) is 7.45. The highest BCUT2D eigenvalue weighted by Crippen LogP contribution is 2.35. The standard InChI is InChI=1S/C18H16N2O5/c1-8-3-6-13-14(15(8)20-9(2)21)16(23)17(24)18(25-13)10-4-5-12(22)11(19)7-10/h3-7,22,24H,19H2,1-2H3,(H,20,21). The Bertz CT molecular complexity index is 1070. The number of benzene rings is 2. The first kappa shape index (κ1) is 16.4. The van der Waals surface area contributed by atoms with Gasteiger partial charge >= 0.3 is 0 Å². The highest BCUT2D eigenvalue weighted by atomic mass is 16.4. The van der Waals surface area contributed by atoms with E-state index in [2.05, 4.69) is 5.32 Å². The molecule has 1 heterocycles. The third-order valence-electron chi connectivity index (χ3n) is 3.84. The lowest BCUT2D eigenvalue weighted by Gasteiger charge is -2.12. The van der Waals surface area contributed by atoms with Crippen LogP contribution >= 0.6 is 0 Å². The van der Waals surface area contributed by atoms with E-state index < -0.39 is 11.2 Å². The van der Waals surface area contributed by atoms with Gasteiger partial charge in [-0.2, -0.15) is 0 Å². The molecule has 7 nitrogen and oxygen atoms in total. The molecule has 0 saturated carbocycles. The first-order valence-corrected chi connectivity index (χ1v) is 7.45. The van der Waals surface area contributed by atoms with Gasteiger partial charge in [0, 0.05) is 12.5 Å². The second kappa shape index (κ2) is 5.86. The number of carbonyl (C=O) groups excluding carboxylic acids is 1. The maximum absolute atomic E-state index is 12.7. The highest BCUT2D eigenvalue weighted by molar-refractivity contribution is 6.02. The van der Waals surface area contributed by atoms with Crippen molar-refractivity contribution < 1.29 is 19.4 Å². The highest BCUT2D eigenvalue weighted by Gasteiger charge is 2.19. The Labute approximate surface area is 142 Å². The predicted octanol–water partition coefficient (Wildman–Crippen LogP) is 2.72. The van der Waals surface area contributed by atoms with E-state index in [0.717, 1.165) is 0 Å². The Morgan fingerprint density at radius 1 is 1.20 bits per heavy atom. The zero-order valence-corrected chi connectivity index (χ0v) is 13.6. The monoisotopic (exact) mass is 340 g/mol. The minimum Gasteiger partial charge on any atom is -0.506 e. The van der Waals surface area contributed by atoms with Crippen molar-refractivity contribution in [1.82, 2.24) is 0 Å². The smallest absolute Gasteiger partial charge is 0.237 e. The molecule has 7 heteroatoms. The fourth-order valence-corrected chi connectivity index (χ4v) is 2.61. The number of fused-ring (bicyclic) bond motifs is 1. The molecule has 0 aliphatic heterocycles. The largest absolute Gasteiger partial charge is 0.506 e. The van der Waals surface area contributed by atoms with Crippen molar-refractivity contribution in [3.8, 4) is 22.8 Å². The molecule has 0 bridgehead atoms. The summed E-state index contributed by atoms with van der Waals surface area (Å²) >= 11 is 0. The molecule has 3 rings (SSSR count). The van der Waals surface area contributed by atoms with Crippen molar-refractivity contribution in [2.45, 2.75) is 13.8 Å². The topological polar surface area (TPSA) is 126 Å². The molecule has 1 amide bonds. The summed E-state index contributed by atoms with van der Waals surface area (Å²) in [5, 5.41) is 22.5. The van der Waals surface area contributed by atoms with E-state index in [1.165, 1.54) is 25.1 Å². The lowest BCUT2D eigenvalue weighted by Crippen LogP contribution is -2.12. The van der Waals surface area contributed by atoms with E-state index >= 15 is 0 Å². The van der Waals surface area contributed by atoms with E-state index in [9.17, 15) is 19.8 Å². The molecule has 128 valence electrons. The van der Waals surface area contributed by atoms with Gasteiger partial charge in [-0.25, -0.2) is 0 Å². The van der Waals surface area contributed by atoms with Gasteiger partial charge in [0.1, 0.15) is 11.3 Å². The number of aromatic hydroxyl groups is 2. The zero-order valence-electron chi connectivity index (χ0n) is 13.6. The molecule has 0 aliphatic carbocycles. The van der Waals surface area contributed by atoms with Crippen molar-refractivity contribution in [3.63, 3.8) is 0 Å². The van der Waals surface area contributed by atoms with Gasteiger partial charge in [-0.1, -0.05) is 6.07 Å². The minimum atomic E-state index is -0.671. The van der Waals surface area contributed by atoms with E-state index in [4.69, 9.17) is 10.2 Å². The molecule has 5 N–H and O–H groups in total. The number of phenols is 1. The molecule has 3 aromatic rings. The average molecular weight is 340 g/mol. The van der Waals surface area contributed by atoms with Crippen molar-refractivity contribution >= 4 is 28.3 Å². The number of nitrogens with two attached hydrogens (primary N) is 1. The van der Waals surface area contributed by atoms with Crippen LogP contribution in [0.4, 0.5) is 11.4 Å². The van der Waals surface area contributed by atoms with Gasteiger partial charge in [-0.15, -0.1) is 0 Å². The van der Waals surface area contributed by atoms with E-state index in [1.54, 1.807) is 19.1 Å². The predicted molar refractivity (Wildman–Crippen MR) is 94.7 cm³/mol. The Morgan fingerprint density at radius 3 is 2.56 bits per heavy atom. The number of nitrogens with one attached hydrogen (secondary N) is 1. The normalized spacial score (nSPS) is 10.8. The van der Waals surface area contributed by atoms with E-state index in [1.807, 2.05) is 0 Å². The lowest BCUT2D eigenvalue weighted by atomic mass is 10.1. The molecule has 25 heavy (non-hydrogen) atoms. The quantitative estimate of drug-likeness (QED) is 0.420. The van der Waals surface area contributed by atoms with Gasteiger partial charge in [0.15, 0.2) is 5.76 Å². The summed E-state index contributed by atoms with van der Waals surface area (Å²) in [6.45, 7) is 3.06. The van der Waals surface area contributed by atoms with E-state index in [0.29, 0.717) is 16.8 Å². The Balaban J connectivity index is 2.33. The van der Waals surface area contributed by atoms with Crippen molar-refractivity contribution in [1.29, 1.82) is 0 Å². The molecule has 0 spiro atoms. The van der Waals surface area contributed by atoms with Gasteiger partial charge in [0.25, 0.3) is 0 Å². The molecule has 1 aromatic heterocycles. The molecule has 0 radical (unpaired) electrons. The fourth-order valence-electron chi connectivity index (χ4n) is 2.61. The van der Waals surface area contributed by atoms with Crippen LogP contribution in [-0.4, -0.2) is 16.1 Å². The molecular weight excluding hydrogens is 324 g/mol. The third kappa shape index (κ3) is 2.76. The number of hydrogen-bond donors (Lipinski definition) is 4. The summed E-state index contributed by atoms with van der Waals surface area (Å²) in [5.41, 5.74) is 6.58. The summed E-state index contributed by atoms with van der Waals surface area (Å²) in [6, 6.07) is 7.49. The average Bonchev–Trinajstić information content (AvgIpc) is 2.55. The number of carbonyl (C=O) groups is 1. The van der Waals surface area contributed by atoms with Crippen LogP contribution < -0.4 is 16.5 Å². The van der Waals surface area contributed by atoms with Gasteiger partial charge in [0.05, 0.1) is 16.8 Å². The van der Waals surface area contributed by atoms with Gasteiger partial charge < -0.3 is 25.7 Å². The molecule has 0 saturated heterocycles. The number of anilines is 2. The number of rotatable bonds is 2. The second-order valence-corrected chi connectivity index (χ2v) is 5.69. The Morgan fingerprint density at radius 2 is 1.92 bits per heavy atom. The summed E-state index contributed by atoms with van der Waals surface area (Å²) in [5.74, 6) is -1.13. The SMILES string of the molecule is CC(=O)Nc1c(C)ccc2oc(-c3ccc(O)c(N)c3)c(O)c(=O)c12. The molecule has 0 aliphatic rings. The number of phenolic OH excluding ortho intramolecular Hbond substituents is 1. The van der Waals surface area contributed by atoms with Gasteiger partial charge in [-0.05, 0) is 36.8 Å². The maximum Gasteiger partial charge on any atom is 0.237 e. The number of amides is 1. The number of hydrogen-bond acceptors (Lipinski definition) is 6. The van der Waals surface area contributed by atoms with Crippen molar-refractivity contribution in [2.75, 3.05) is 11.1 Å². The minimum absolute atomic E-state index is 0.0678. The molecule has 0 unspecified atom stereocenters. The Hall–Kier alpha value is -3.48. The molecule has 2 aromatic carbocycles. The first-order chi connectivity index (χ1) is 11.8. The summed E-state index contributed by atoms with van der Waals surface area (Å²) in [4.78, 5) is 24.1. The lowest BCUT2D eigenvalue weighted by molar-refractivity contribution is -0.114. The molecule has 0 fully saturated rings. The summed E-state index contributed by atoms with van der Waals surface area (Å²) in [6.07, 6.45) is 0. The van der Waals surface area contributed by atoms with Crippen LogP contribution in [0.5, 0.6) is 11.5 Å². The number of nitrogen functional groups attached to an aromatic ring is 1. The maximum atomic E-state index is 12.7. The summed E-state index contributed by atoms with van der Waals surface area (Å²) < 4.78 is 5.69. The van der Waals surface area contributed by atoms with Crippen LogP contribution in [0.3, 0.4) is 0 Å². The van der Waals surface area contributed by atoms with Crippen LogP contribution in [-0.2, 0) is 4.79 Å². The summed E-state index contributed by atoms with van der Waals surface area (Å²) in [7, 11) is 0. The van der Waals surface area contributed by atoms with Gasteiger partial charge in [0.2, 0.25) is 17.1 Å².